The smallest absolute Gasteiger partial charge is 0.317 e. The van der Waals surface area contributed by atoms with E-state index in [0.717, 1.165) is 25.9 Å². The molecule has 1 saturated heterocycles. The zero-order chi connectivity index (χ0) is 10.9. The first-order valence-electron chi connectivity index (χ1n) is 6.12. The van der Waals surface area contributed by atoms with Gasteiger partial charge in [0, 0.05) is 19.1 Å². The summed E-state index contributed by atoms with van der Waals surface area (Å²) in [6.45, 7) is 6.47. The Morgan fingerprint density at radius 1 is 1.33 bits per heavy atom. The number of likely N-dealkylation sites (tertiary alicyclic amines) is 1. The third-order valence-corrected chi connectivity index (χ3v) is 3.69. The van der Waals surface area contributed by atoms with Crippen LogP contribution in [0, 0.1) is 5.41 Å². The molecule has 1 unspecified atom stereocenters. The van der Waals surface area contributed by atoms with Crippen LogP contribution < -0.4 is 5.32 Å². The van der Waals surface area contributed by atoms with Crippen molar-refractivity contribution in [1.82, 2.24) is 10.2 Å². The van der Waals surface area contributed by atoms with E-state index < -0.39 is 0 Å². The first-order valence-corrected chi connectivity index (χ1v) is 6.12. The molecule has 2 aliphatic rings. The van der Waals surface area contributed by atoms with E-state index in [4.69, 9.17) is 0 Å². The molecular weight excluding hydrogens is 188 g/mol. The molecule has 0 spiro atoms. The number of rotatable bonds is 1. The molecular formula is C12H22N2O. The summed E-state index contributed by atoms with van der Waals surface area (Å²) in [5, 5.41) is 3.16. The van der Waals surface area contributed by atoms with Gasteiger partial charge in [-0.1, -0.05) is 13.8 Å². The van der Waals surface area contributed by atoms with Gasteiger partial charge in [0.25, 0.3) is 0 Å². The average molecular weight is 210 g/mol. The van der Waals surface area contributed by atoms with Gasteiger partial charge in [0.15, 0.2) is 0 Å². The van der Waals surface area contributed by atoms with Crippen molar-refractivity contribution in [2.75, 3.05) is 13.1 Å². The summed E-state index contributed by atoms with van der Waals surface area (Å²) in [5.41, 5.74) is 0.420. The van der Waals surface area contributed by atoms with Gasteiger partial charge in [-0.2, -0.15) is 0 Å². The van der Waals surface area contributed by atoms with Gasteiger partial charge in [0.2, 0.25) is 0 Å². The highest BCUT2D eigenvalue weighted by molar-refractivity contribution is 5.74. The van der Waals surface area contributed by atoms with Crippen LogP contribution in [0.2, 0.25) is 0 Å². The molecule has 3 heteroatoms. The van der Waals surface area contributed by atoms with Crippen molar-refractivity contribution in [3.05, 3.63) is 0 Å². The summed E-state index contributed by atoms with van der Waals surface area (Å²) in [5.74, 6) is 0. The van der Waals surface area contributed by atoms with E-state index in [0.29, 0.717) is 11.5 Å². The molecule has 2 fully saturated rings. The molecule has 0 bridgehead atoms. The van der Waals surface area contributed by atoms with Gasteiger partial charge < -0.3 is 10.2 Å². The molecule has 15 heavy (non-hydrogen) atoms. The largest absolute Gasteiger partial charge is 0.335 e. The number of urea groups is 1. The van der Waals surface area contributed by atoms with Crippen LogP contribution in [0.5, 0.6) is 0 Å². The molecule has 86 valence electrons. The zero-order valence-electron chi connectivity index (χ0n) is 9.88. The van der Waals surface area contributed by atoms with Crippen molar-refractivity contribution in [2.45, 2.75) is 52.0 Å². The molecule has 1 aliphatic carbocycles. The van der Waals surface area contributed by atoms with Crippen LogP contribution in [0.15, 0.2) is 0 Å². The van der Waals surface area contributed by atoms with E-state index in [-0.39, 0.29) is 6.03 Å². The first kappa shape index (κ1) is 10.8. The molecule has 1 aliphatic heterocycles. The predicted molar refractivity (Wildman–Crippen MR) is 60.8 cm³/mol. The topological polar surface area (TPSA) is 32.3 Å². The maximum atomic E-state index is 11.8. The lowest BCUT2D eigenvalue weighted by molar-refractivity contribution is 0.204. The van der Waals surface area contributed by atoms with Crippen LogP contribution in [-0.2, 0) is 0 Å². The van der Waals surface area contributed by atoms with E-state index in [1.165, 1.54) is 19.3 Å². The molecule has 1 heterocycles. The van der Waals surface area contributed by atoms with Gasteiger partial charge >= 0.3 is 6.03 Å². The van der Waals surface area contributed by atoms with Crippen LogP contribution in [0.1, 0.15) is 46.0 Å². The van der Waals surface area contributed by atoms with Crippen molar-refractivity contribution in [3.63, 3.8) is 0 Å². The van der Waals surface area contributed by atoms with Crippen molar-refractivity contribution < 1.29 is 4.79 Å². The summed E-state index contributed by atoms with van der Waals surface area (Å²) in [6, 6.07) is 0.573. The lowest BCUT2D eigenvalue weighted by Crippen LogP contribution is -2.42. The molecule has 0 aromatic carbocycles. The molecule has 3 nitrogen and oxygen atoms in total. The summed E-state index contributed by atoms with van der Waals surface area (Å²) in [4.78, 5) is 13.8. The molecule has 0 aromatic heterocycles. The van der Waals surface area contributed by atoms with Gasteiger partial charge in [-0.25, -0.2) is 4.79 Å². The second-order valence-electron chi connectivity index (χ2n) is 5.75. The monoisotopic (exact) mass is 210 g/mol. The fourth-order valence-electron chi connectivity index (χ4n) is 2.75. The van der Waals surface area contributed by atoms with E-state index in [1.54, 1.807) is 0 Å². The Kier molecular flexibility index (Phi) is 2.89. The number of nitrogens with one attached hydrogen (secondary N) is 1. The van der Waals surface area contributed by atoms with Crippen molar-refractivity contribution in [3.8, 4) is 0 Å². The molecule has 2 amide bonds. The highest BCUT2D eigenvalue weighted by Gasteiger charge is 2.32. The standard InChI is InChI=1S/C12H22N2O/c1-12(2)6-5-10(9-12)13-11(15)14-7-3-4-8-14/h10H,3-9H2,1-2H3,(H,13,15). The molecule has 1 N–H and O–H groups in total. The van der Waals surface area contributed by atoms with Gasteiger partial charge in [-0.3, -0.25) is 0 Å². The number of carbonyl (C=O) groups excluding carboxylic acids is 1. The van der Waals surface area contributed by atoms with Crippen LogP contribution in [0.25, 0.3) is 0 Å². The fourth-order valence-corrected chi connectivity index (χ4v) is 2.75. The molecule has 0 aromatic rings. The number of amides is 2. The maximum absolute atomic E-state index is 11.8. The third-order valence-electron chi connectivity index (χ3n) is 3.69. The lowest BCUT2D eigenvalue weighted by Gasteiger charge is -2.21. The van der Waals surface area contributed by atoms with Crippen molar-refractivity contribution in [2.24, 2.45) is 5.41 Å². The normalized spacial score (nSPS) is 29.5. The number of hydrogen-bond donors (Lipinski definition) is 1. The summed E-state index contributed by atoms with van der Waals surface area (Å²) >= 11 is 0. The Morgan fingerprint density at radius 2 is 2.00 bits per heavy atom. The predicted octanol–water partition coefficient (Wildman–Crippen LogP) is 2.37. The molecule has 1 saturated carbocycles. The second-order valence-corrected chi connectivity index (χ2v) is 5.75. The highest BCUT2D eigenvalue weighted by Crippen LogP contribution is 2.36. The minimum atomic E-state index is 0.162. The Morgan fingerprint density at radius 3 is 2.53 bits per heavy atom. The van der Waals surface area contributed by atoms with Gasteiger partial charge in [0.1, 0.15) is 0 Å². The van der Waals surface area contributed by atoms with Crippen LogP contribution >= 0.6 is 0 Å². The quantitative estimate of drug-likeness (QED) is 0.708. The average Bonchev–Trinajstić information content (AvgIpc) is 2.74. The molecule has 1 atom stereocenters. The lowest BCUT2D eigenvalue weighted by atomic mass is 9.92. The van der Waals surface area contributed by atoms with Gasteiger partial charge in [-0.15, -0.1) is 0 Å². The van der Waals surface area contributed by atoms with Crippen molar-refractivity contribution in [1.29, 1.82) is 0 Å². The SMILES string of the molecule is CC1(C)CCC(NC(=O)N2CCCC2)C1. The van der Waals surface area contributed by atoms with Gasteiger partial charge in [-0.05, 0) is 37.5 Å². The number of carbonyl (C=O) groups is 1. The Balaban J connectivity index is 1.79. The second kappa shape index (κ2) is 4.03. The summed E-state index contributed by atoms with van der Waals surface area (Å²) < 4.78 is 0. The van der Waals surface area contributed by atoms with Gasteiger partial charge in [0.05, 0.1) is 0 Å². The zero-order valence-corrected chi connectivity index (χ0v) is 9.88. The van der Waals surface area contributed by atoms with E-state index in [9.17, 15) is 4.79 Å². The minimum Gasteiger partial charge on any atom is -0.335 e. The minimum absolute atomic E-state index is 0.162. The third kappa shape index (κ3) is 2.64. The Bertz CT molecular complexity index is 244. The molecule has 0 radical (unpaired) electrons. The Hall–Kier alpha value is -0.730. The Labute approximate surface area is 92.2 Å². The van der Waals surface area contributed by atoms with Crippen LogP contribution in [0.3, 0.4) is 0 Å². The van der Waals surface area contributed by atoms with E-state index in [2.05, 4.69) is 19.2 Å². The van der Waals surface area contributed by atoms with E-state index >= 15 is 0 Å². The summed E-state index contributed by atoms with van der Waals surface area (Å²) in [7, 11) is 0. The van der Waals surface area contributed by atoms with Crippen molar-refractivity contribution >= 4 is 6.03 Å². The number of hydrogen-bond acceptors (Lipinski definition) is 1. The van der Waals surface area contributed by atoms with Crippen LogP contribution in [0.4, 0.5) is 4.79 Å². The summed E-state index contributed by atoms with van der Waals surface area (Å²) in [6.07, 6.45) is 5.85. The maximum Gasteiger partial charge on any atom is 0.317 e. The van der Waals surface area contributed by atoms with E-state index in [1.807, 2.05) is 4.90 Å². The highest BCUT2D eigenvalue weighted by atomic mass is 16.2. The fraction of sp³-hybridized carbons (Fsp3) is 0.917. The first-order chi connectivity index (χ1) is 7.07. The molecule has 2 rings (SSSR count). The number of nitrogens with zero attached hydrogens (tertiary/aromatic N) is 1. The van der Waals surface area contributed by atoms with Crippen LogP contribution in [-0.4, -0.2) is 30.1 Å².